The van der Waals surface area contributed by atoms with Gasteiger partial charge >= 0.3 is 12.0 Å². The Morgan fingerprint density at radius 3 is 1.82 bits per heavy atom. The Kier molecular flexibility index (Phi) is 4.87. The Balaban J connectivity index is 4.63. The highest BCUT2D eigenvalue weighted by Gasteiger charge is 2.18. The summed E-state index contributed by atoms with van der Waals surface area (Å²) in [7, 11) is 0. The van der Waals surface area contributed by atoms with Crippen molar-refractivity contribution in [2.45, 2.75) is 40.2 Å². The Labute approximate surface area is 100 Å². The van der Waals surface area contributed by atoms with Crippen LogP contribution in [-0.2, 0) is 9.59 Å². The Hall–Kier alpha value is -1.85. The van der Waals surface area contributed by atoms with Crippen molar-refractivity contribution in [3.63, 3.8) is 0 Å². The second-order valence-corrected chi connectivity index (χ2v) is 4.71. The molecule has 0 fully saturated rings. The first-order chi connectivity index (χ1) is 7.54. The molecular weight excluding hydrogens is 224 g/mol. The third kappa shape index (κ3) is 5.70. The first kappa shape index (κ1) is 15.2. The zero-order chi connectivity index (χ0) is 13.8. The SMILES string of the molecule is CC(C(=O)O)=C(C)C(=O)NC(=O)NC(C)(C)C. The minimum atomic E-state index is -1.19. The smallest absolute Gasteiger partial charge is 0.331 e. The molecular formula is C11H18N2O4. The number of amides is 3. The van der Waals surface area contributed by atoms with Crippen LogP contribution in [0.15, 0.2) is 11.1 Å². The van der Waals surface area contributed by atoms with Gasteiger partial charge in [-0.2, -0.15) is 0 Å². The van der Waals surface area contributed by atoms with Crippen LogP contribution in [0.4, 0.5) is 4.79 Å². The molecule has 6 heteroatoms. The van der Waals surface area contributed by atoms with Crippen LogP contribution in [0, 0.1) is 0 Å². The fraction of sp³-hybridized carbons (Fsp3) is 0.545. The molecule has 6 nitrogen and oxygen atoms in total. The number of carboxylic acids is 1. The van der Waals surface area contributed by atoms with E-state index in [1.165, 1.54) is 13.8 Å². The predicted octanol–water partition coefficient (Wildman–Crippen LogP) is 1.03. The molecule has 0 saturated carbocycles. The van der Waals surface area contributed by atoms with Crippen LogP contribution in [0.3, 0.4) is 0 Å². The van der Waals surface area contributed by atoms with E-state index in [0.717, 1.165) is 0 Å². The normalized spacial score (nSPS) is 12.5. The number of hydrogen-bond acceptors (Lipinski definition) is 3. The molecule has 17 heavy (non-hydrogen) atoms. The Bertz CT molecular complexity index is 377. The summed E-state index contributed by atoms with van der Waals surface area (Å²) >= 11 is 0. The molecule has 0 aromatic rings. The predicted molar refractivity (Wildman–Crippen MR) is 62.4 cm³/mol. The van der Waals surface area contributed by atoms with E-state index in [-0.39, 0.29) is 11.1 Å². The highest BCUT2D eigenvalue weighted by molar-refractivity contribution is 6.07. The second kappa shape index (κ2) is 5.47. The Morgan fingerprint density at radius 2 is 1.47 bits per heavy atom. The summed E-state index contributed by atoms with van der Waals surface area (Å²) < 4.78 is 0. The van der Waals surface area contributed by atoms with Crippen LogP contribution in [0.25, 0.3) is 0 Å². The number of carboxylic acid groups (broad SMARTS) is 1. The number of hydrogen-bond donors (Lipinski definition) is 3. The zero-order valence-electron chi connectivity index (χ0n) is 10.7. The molecule has 0 aliphatic heterocycles. The van der Waals surface area contributed by atoms with E-state index in [1.54, 1.807) is 20.8 Å². The minimum absolute atomic E-state index is 0.00144. The molecule has 0 atom stereocenters. The zero-order valence-corrected chi connectivity index (χ0v) is 10.7. The van der Waals surface area contributed by atoms with Crippen LogP contribution >= 0.6 is 0 Å². The number of urea groups is 1. The van der Waals surface area contributed by atoms with Gasteiger partial charge in [0.1, 0.15) is 0 Å². The van der Waals surface area contributed by atoms with Gasteiger partial charge in [-0.3, -0.25) is 10.1 Å². The monoisotopic (exact) mass is 242 g/mol. The van der Waals surface area contributed by atoms with Crippen molar-refractivity contribution in [1.29, 1.82) is 0 Å². The van der Waals surface area contributed by atoms with Crippen LogP contribution in [0.1, 0.15) is 34.6 Å². The summed E-state index contributed by atoms with van der Waals surface area (Å²) in [6.07, 6.45) is 0. The van der Waals surface area contributed by atoms with Crippen molar-refractivity contribution >= 4 is 17.9 Å². The molecule has 3 N–H and O–H groups in total. The van der Waals surface area contributed by atoms with Gasteiger partial charge in [-0.05, 0) is 34.6 Å². The maximum atomic E-state index is 11.5. The van der Waals surface area contributed by atoms with Crippen molar-refractivity contribution < 1.29 is 19.5 Å². The standard InChI is InChI=1S/C11H18N2O4/c1-6(7(2)9(15)16)8(14)12-10(17)13-11(3,4)5/h1-5H3,(H,15,16)(H2,12,13,14,17). The largest absolute Gasteiger partial charge is 0.478 e. The molecule has 3 amide bonds. The molecule has 0 bridgehead atoms. The van der Waals surface area contributed by atoms with Crippen molar-refractivity contribution in [2.24, 2.45) is 0 Å². The molecule has 0 heterocycles. The Morgan fingerprint density at radius 1 is 1.00 bits per heavy atom. The summed E-state index contributed by atoms with van der Waals surface area (Å²) in [5.74, 6) is -1.90. The van der Waals surface area contributed by atoms with Crippen LogP contribution in [0.5, 0.6) is 0 Å². The van der Waals surface area contributed by atoms with Gasteiger partial charge in [0.2, 0.25) is 0 Å². The van der Waals surface area contributed by atoms with E-state index >= 15 is 0 Å². The number of imide groups is 1. The van der Waals surface area contributed by atoms with E-state index in [0.29, 0.717) is 0 Å². The minimum Gasteiger partial charge on any atom is -0.478 e. The van der Waals surface area contributed by atoms with E-state index < -0.39 is 23.4 Å². The molecule has 0 aliphatic carbocycles. The van der Waals surface area contributed by atoms with Gasteiger partial charge in [0, 0.05) is 16.7 Å². The number of carbonyl (C=O) groups excluding carboxylic acids is 2. The maximum Gasteiger partial charge on any atom is 0.331 e. The maximum absolute atomic E-state index is 11.5. The molecule has 0 aromatic carbocycles. The number of carbonyl (C=O) groups is 3. The summed E-state index contributed by atoms with van der Waals surface area (Å²) in [5.41, 5.74) is -0.559. The second-order valence-electron chi connectivity index (χ2n) is 4.71. The van der Waals surface area contributed by atoms with Crippen LogP contribution in [-0.4, -0.2) is 28.6 Å². The molecule has 0 aliphatic rings. The first-order valence-corrected chi connectivity index (χ1v) is 5.09. The van der Waals surface area contributed by atoms with Gasteiger partial charge in [0.25, 0.3) is 5.91 Å². The lowest BCUT2D eigenvalue weighted by atomic mass is 10.1. The summed E-state index contributed by atoms with van der Waals surface area (Å²) in [4.78, 5) is 33.5. The number of aliphatic carboxylic acids is 1. The quantitative estimate of drug-likeness (QED) is 0.630. The van der Waals surface area contributed by atoms with Crippen molar-refractivity contribution in [1.82, 2.24) is 10.6 Å². The molecule has 0 saturated heterocycles. The van der Waals surface area contributed by atoms with Crippen molar-refractivity contribution in [2.75, 3.05) is 0 Å². The fourth-order valence-electron chi connectivity index (χ4n) is 0.899. The van der Waals surface area contributed by atoms with Gasteiger partial charge < -0.3 is 10.4 Å². The summed E-state index contributed by atoms with van der Waals surface area (Å²) in [5, 5.41) is 13.3. The van der Waals surface area contributed by atoms with E-state index in [4.69, 9.17) is 5.11 Å². The summed E-state index contributed by atoms with van der Waals surface area (Å²) in [6.45, 7) is 7.95. The molecule has 0 unspecified atom stereocenters. The fourth-order valence-corrected chi connectivity index (χ4v) is 0.899. The third-order valence-corrected chi connectivity index (χ3v) is 1.94. The van der Waals surface area contributed by atoms with Crippen LogP contribution < -0.4 is 10.6 Å². The summed E-state index contributed by atoms with van der Waals surface area (Å²) in [6, 6.07) is -0.653. The highest BCUT2D eigenvalue weighted by Crippen LogP contribution is 2.03. The van der Waals surface area contributed by atoms with Gasteiger partial charge in [-0.1, -0.05) is 0 Å². The number of nitrogens with one attached hydrogen (secondary N) is 2. The van der Waals surface area contributed by atoms with Gasteiger partial charge in [-0.15, -0.1) is 0 Å². The number of rotatable bonds is 2. The lowest BCUT2D eigenvalue weighted by Crippen LogP contribution is -2.48. The molecule has 0 aromatic heterocycles. The topological polar surface area (TPSA) is 95.5 Å². The van der Waals surface area contributed by atoms with E-state index in [9.17, 15) is 14.4 Å². The van der Waals surface area contributed by atoms with E-state index in [1.807, 2.05) is 0 Å². The van der Waals surface area contributed by atoms with Gasteiger partial charge in [0.15, 0.2) is 0 Å². The third-order valence-electron chi connectivity index (χ3n) is 1.94. The van der Waals surface area contributed by atoms with Gasteiger partial charge in [0.05, 0.1) is 0 Å². The average Bonchev–Trinajstić information content (AvgIpc) is 2.11. The average molecular weight is 242 g/mol. The van der Waals surface area contributed by atoms with Gasteiger partial charge in [-0.25, -0.2) is 9.59 Å². The molecule has 96 valence electrons. The molecule has 0 radical (unpaired) electrons. The highest BCUT2D eigenvalue weighted by atomic mass is 16.4. The van der Waals surface area contributed by atoms with Crippen LogP contribution in [0.2, 0.25) is 0 Å². The lowest BCUT2D eigenvalue weighted by molar-refractivity contribution is -0.133. The van der Waals surface area contributed by atoms with Crippen molar-refractivity contribution in [3.8, 4) is 0 Å². The molecule has 0 rings (SSSR count). The van der Waals surface area contributed by atoms with E-state index in [2.05, 4.69) is 10.6 Å². The first-order valence-electron chi connectivity index (χ1n) is 5.09. The van der Waals surface area contributed by atoms with Crippen molar-refractivity contribution in [3.05, 3.63) is 11.1 Å². The molecule has 0 spiro atoms. The lowest BCUT2D eigenvalue weighted by Gasteiger charge is -2.20.